The molecule has 0 radical (unpaired) electrons. The van der Waals surface area contributed by atoms with Gasteiger partial charge in [0.05, 0.1) is 6.54 Å². The molecule has 3 rings (SSSR count). The molecule has 1 aliphatic heterocycles. The second-order valence-corrected chi connectivity index (χ2v) is 6.33. The van der Waals surface area contributed by atoms with Crippen LogP contribution < -0.4 is 5.32 Å². The molecule has 1 unspecified atom stereocenters. The molecule has 0 aliphatic carbocycles. The molecule has 1 atom stereocenters. The van der Waals surface area contributed by atoms with Crippen LogP contribution in [0.15, 0.2) is 22.6 Å². The lowest BCUT2D eigenvalue weighted by Crippen LogP contribution is -2.44. The average Bonchev–Trinajstić information content (AvgIpc) is 2.90. The van der Waals surface area contributed by atoms with Crippen LogP contribution >= 0.6 is 0 Å². The Morgan fingerprint density at radius 3 is 2.65 bits per heavy atom. The van der Waals surface area contributed by atoms with Gasteiger partial charge in [0, 0.05) is 18.6 Å². The Kier molecular flexibility index (Phi) is 4.68. The highest BCUT2D eigenvalue weighted by molar-refractivity contribution is 5.79. The topological polar surface area (TPSA) is 71.7 Å². The number of benzene rings is 1. The van der Waals surface area contributed by atoms with Crippen molar-refractivity contribution in [1.82, 2.24) is 5.32 Å². The van der Waals surface area contributed by atoms with Crippen LogP contribution in [0.2, 0.25) is 0 Å². The fourth-order valence-electron chi connectivity index (χ4n) is 3.16. The van der Waals surface area contributed by atoms with Crippen LogP contribution in [0.5, 0.6) is 0 Å². The van der Waals surface area contributed by atoms with Gasteiger partial charge in [0.1, 0.15) is 17.4 Å². The number of carboxylic acids is 1. The number of nitrogens with one attached hydrogen (secondary N) is 1. The highest BCUT2D eigenvalue weighted by atomic mass is 16.5. The number of aliphatic carboxylic acids is 1. The van der Waals surface area contributed by atoms with Gasteiger partial charge >= 0.3 is 5.97 Å². The molecule has 124 valence electrons. The molecule has 0 amide bonds. The molecular formula is C18H23NO4. The number of rotatable bonds is 5. The number of carboxylic acid groups (broad SMARTS) is 1. The van der Waals surface area contributed by atoms with E-state index < -0.39 is 12.0 Å². The Morgan fingerprint density at radius 2 is 1.96 bits per heavy atom. The molecule has 0 saturated carbocycles. The third-order valence-corrected chi connectivity index (χ3v) is 4.68. The molecule has 1 aliphatic rings. The maximum absolute atomic E-state index is 11.5. The van der Waals surface area contributed by atoms with Gasteiger partial charge in [-0.1, -0.05) is 0 Å². The SMILES string of the molecule is Cc1cc2cc(CNC(C(=O)O)C3CCOCC3)oc2cc1C. The molecule has 23 heavy (non-hydrogen) atoms. The van der Waals surface area contributed by atoms with Gasteiger partial charge in [-0.25, -0.2) is 0 Å². The average molecular weight is 317 g/mol. The van der Waals surface area contributed by atoms with Crippen molar-refractivity contribution in [3.05, 3.63) is 35.1 Å². The number of ether oxygens (including phenoxy) is 1. The third-order valence-electron chi connectivity index (χ3n) is 4.68. The maximum atomic E-state index is 11.5. The Balaban J connectivity index is 1.71. The predicted octanol–water partition coefficient (Wildman–Crippen LogP) is 3.02. The van der Waals surface area contributed by atoms with Crippen molar-refractivity contribution < 1.29 is 19.1 Å². The third kappa shape index (κ3) is 3.57. The molecule has 1 aromatic carbocycles. The molecule has 2 N–H and O–H groups in total. The minimum Gasteiger partial charge on any atom is -0.480 e. The Labute approximate surface area is 135 Å². The van der Waals surface area contributed by atoms with E-state index in [1.165, 1.54) is 11.1 Å². The normalized spacial score (nSPS) is 17.5. The van der Waals surface area contributed by atoms with Crippen molar-refractivity contribution in [2.75, 3.05) is 13.2 Å². The molecule has 2 aromatic rings. The van der Waals surface area contributed by atoms with Gasteiger partial charge in [0.2, 0.25) is 0 Å². The number of aryl methyl sites for hydroxylation is 2. The number of fused-ring (bicyclic) bond motifs is 1. The van der Waals surface area contributed by atoms with Gasteiger partial charge in [-0.15, -0.1) is 0 Å². The number of furan rings is 1. The van der Waals surface area contributed by atoms with Crippen molar-refractivity contribution >= 4 is 16.9 Å². The molecule has 1 aromatic heterocycles. The summed E-state index contributed by atoms with van der Waals surface area (Å²) in [5.74, 6) is 0.0677. The van der Waals surface area contributed by atoms with Crippen molar-refractivity contribution in [3.63, 3.8) is 0 Å². The fourth-order valence-corrected chi connectivity index (χ4v) is 3.16. The van der Waals surface area contributed by atoms with Crippen LogP contribution in [-0.2, 0) is 16.1 Å². The predicted molar refractivity (Wildman–Crippen MR) is 87.5 cm³/mol. The highest BCUT2D eigenvalue weighted by Gasteiger charge is 2.29. The van der Waals surface area contributed by atoms with Crippen LogP contribution in [0, 0.1) is 19.8 Å². The van der Waals surface area contributed by atoms with Crippen molar-refractivity contribution in [2.24, 2.45) is 5.92 Å². The Hall–Kier alpha value is -1.85. The van der Waals surface area contributed by atoms with Crippen LogP contribution in [0.25, 0.3) is 11.0 Å². The van der Waals surface area contributed by atoms with Gasteiger partial charge in [-0.05, 0) is 61.9 Å². The maximum Gasteiger partial charge on any atom is 0.320 e. The number of hydrogen-bond donors (Lipinski definition) is 2. The van der Waals surface area contributed by atoms with Crippen LogP contribution in [0.4, 0.5) is 0 Å². The van der Waals surface area contributed by atoms with E-state index in [4.69, 9.17) is 9.15 Å². The first kappa shape index (κ1) is 16.0. The summed E-state index contributed by atoms with van der Waals surface area (Å²) in [5.41, 5.74) is 3.27. The van der Waals surface area contributed by atoms with Crippen molar-refractivity contribution in [2.45, 2.75) is 39.3 Å². The van der Waals surface area contributed by atoms with Crippen LogP contribution in [-0.4, -0.2) is 30.3 Å². The first-order valence-electron chi connectivity index (χ1n) is 8.08. The van der Waals surface area contributed by atoms with Crippen molar-refractivity contribution in [3.8, 4) is 0 Å². The molecule has 5 heteroatoms. The standard InChI is InChI=1S/C18H23NO4/c1-11-7-14-9-15(23-16(14)8-12(11)2)10-19-17(18(20)21)13-3-5-22-6-4-13/h7-9,13,17,19H,3-6,10H2,1-2H3,(H,20,21). The Bertz CT molecular complexity index is 661. The summed E-state index contributed by atoms with van der Waals surface area (Å²) in [6.45, 7) is 5.83. The summed E-state index contributed by atoms with van der Waals surface area (Å²) in [5, 5.41) is 13.7. The summed E-state index contributed by atoms with van der Waals surface area (Å²) in [4.78, 5) is 11.5. The lowest BCUT2D eigenvalue weighted by atomic mass is 9.92. The van der Waals surface area contributed by atoms with E-state index in [1.54, 1.807) is 0 Å². The molecule has 2 heterocycles. The van der Waals surface area contributed by atoms with E-state index in [2.05, 4.69) is 25.2 Å². The van der Waals surface area contributed by atoms with E-state index >= 15 is 0 Å². The lowest BCUT2D eigenvalue weighted by Gasteiger charge is -2.28. The first-order chi connectivity index (χ1) is 11.0. The van der Waals surface area contributed by atoms with Gasteiger partial charge in [0.15, 0.2) is 0 Å². The Morgan fingerprint density at radius 1 is 1.26 bits per heavy atom. The minimum absolute atomic E-state index is 0.107. The zero-order chi connectivity index (χ0) is 16.4. The van der Waals surface area contributed by atoms with E-state index in [0.717, 1.165) is 29.6 Å². The fraction of sp³-hybridized carbons (Fsp3) is 0.500. The molecule has 5 nitrogen and oxygen atoms in total. The van der Waals surface area contributed by atoms with E-state index in [9.17, 15) is 9.90 Å². The van der Waals surface area contributed by atoms with Gasteiger partial charge in [0.25, 0.3) is 0 Å². The minimum atomic E-state index is -0.806. The smallest absolute Gasteiger partial charge is 0.320 e. The quantitative estimate of drug-likeness (QED) is 0.887. The van der Waals surface area contributed by atoms with Crippen molar-refractivity contribution in [1.29, 1.82) is 0 Å². The second-order valence-electron chi connectivity index (χ2n) is 6.33. The van der Waals surface area contributed by atoms with Gasteiger partial charge in [-0.3, -0.25) is 10.1 Å². The summed E-state index contributed by atoms with van der Waals surface area (Å²) in [6, 6.07) is 5.56. The van der Waals surface area contributed by atoms with Crippen LogP contribution in [0.1, 0.15) is 29.7 Å². The van der Waals surface area contributed by atoms with E-state index in [0.29, 0.717) is 19.8 Å². The van der Waals surface area contributed by atoms with E-state index in [1.807, 2.05) is 12.1 Å². The van der Waals surface area contributed by atoms with Gasteiger partial charge < -0.3 is 14.3 Å². The lowest BCUT2D eigenvalue weighted by molar-refractivity contribution is -0.142. The molecule has 0 spiro atoms. The molecule has 1 saturated heterocycles. The zero-order valence-electron chi connectivity index (χ0n) is 13.6. The molecule has 0 bridgehead atoms. The summed E-state index contributed by atoms with van der Waals surface area (Å²) < 4.78 is 11.2. The summed E-state index contributed by atoms with van der Waals surface area (Å²) in [7, 11) is 0. The molecule has 1 fully saturated rings. The number of hydrogen-bond acceptors (Lipinski definition) is 4. The van der Waals surface area contributed by atoms with Crippen LogP contribution in [0.3, 0.4) is 0 Å². The zero-order valence-corrected chi connectivity index (χ0v) is 13.6. The first-order valence-corrected chi connectivity index (χ1v) is 8.08. The summed E-state index contributed by atoms with van der Waals surface area (Å²) >= 11 is 0. The number of carbonyl (C=O) groups is 1. The summed E-state index contributed by atoms with van der Waals surface area (Å²) in [6.07, 6.45) is 1.56. The molecular weight excluding hydrogens is 294 g/mol. The highest BCUT2D eigenvalue weighted by Crippen LogP contribution is 2.24. The second kappa shape index (κ2) is 6.72. The van der Waals surface area contributed by atoms with Gasteiger partial charge in [-0.2, -0.15) is 0 Å². The largest absolute Gasteiger partial charge is 0.480 e. The van der Waals surface area contributed by atoms with E-state index in [-0.39, 0.29) is 5.92 Å². The monoisotopic (exact) mass is 317 g/mol.